The van der Waals surface area contributed by atoms with E-state index in [-0.39, 0.29) is 24.5 Å². The van der Waals surface area contributed by atoms with Crippen LogP contribution in [0.15, 0.2) is 57.9 Å². The van der Waals surface area contributed by atoms with Crippen LogP contribution >= 0.6 is 39.9 Å². The van der Waals surface area contributed by atoms with E-state index < -0.39 is 0 Å². The van der Waals surface area contributed by atoms with Crippen LogP contribution in [0.3, 0.4) is 0 Å². The van der Waals surface area contributed by atoms with E-state index in [9.17, 15) is 9.59 Å². The number of carbonyl (C=O) groups excluding carboxylic acids is 2. The van der Waals surface area contributed by atoms with Gasteiger partial charge in [-0.15, -0.1) is 0 Å². The van der Waals surface area contributed by atoms with Gasteiger partial charge in [0, 0.05) is 16.2 Å². The van der Waals surface area contributed by atoms with Crippen molar-refractivity contribution in [2.24, 2.45) is 0 Å². The predicted octanol–water partition coefficient (Wildman–Crippen LogP) is 5.08. The van der Waals surface area contributed by atoms with Crippen molar-refractivity contribution in [3.8, 4) is 5.75 Å². The van der Waals surface area contributed by atoms with E-state index in [0.29, 0.717) is 20.7 Å². The van der Waals surface area contributed by atoms with Gasteiger partial charge in [-0.05, 0) is 61.9 Å². The van der Waals surface area contributed by atoms with Crippen molar-refractivity contribution in [2.75, 3.05) is 11.9 Å². The first-order chi connectivity index (χ1) is 13.8. The molecule has 1 aliphatic heterocycles. The molecule has 1 N–H and O–H groups in total. The highest BCUT2D eigenvalue weighted by atomic mass is 79.9. The Hall–Kier alpha value is -2.16. The average molecular weight is 491 g/mol. The third-order valence-corrected chi connectivity index (χ3v) is 5.87. The van der Waals surface area contributed by atoms with E-state index >= 15 is 0 Å². The smallest absolute Gasteiger partial charge is 0.266 e. The van der Waals surface area contributed by atoms with E-state index in [1.165, 1.54) is 11.8 Å². The molecule has 1 heterocycles. The molecule has 29 heavy (non-hydrogen) atoms. The number of amides is 2. The molecule has 0 bridgehead atoms. The molecule has 2 aromatic carbocycles. The van der Waals surface area contributed by atoms with Crippen molar-refractivity contribution in [2.45, 2.75) is 19.9 Å². The van der Waals surface area contributed by atoms with E-state index in [2.05, 4.69) is 21.2 Å². The topological polar surface area (TPSA) is 58.6 Å². The fourth-order valence-electron chi connectivity index (χ4n) is 2.62. The van der Waals surface area contributed by atoms with Crippen LogP contribution < -0.4 is 10.1 Å². The molecule has 0 radical (unpaired) electrons. The Kier molecular flexibility index (Phi) is 7.10. The molecular formula is C21H19BrN2O3S2. The maximum atomic E-state index is 12.5. The van der Waals surface area contributed by atoms with Crippen molar-refractivity contribution in [1.29, 1.82) is 0 Å². The lowest BCUT2D eigenvalue weighted by atomic mass is 10.2. The summed E-state index contributed by atoms with van der Waals surface area (Å²) in [6, 6.07) is 14.6. The molecule has 0 aliphatic carbocycles. The summed E-state index contributed by atoms with van der Waals surface area (Å²) < 4.78 is 7.05. The second-order valence-corrected chi connectivity index (χ2v) is 9.15. The Morgan fingerprint density at radius 2 is 1.86 bits per heavy atom. The molecule has 2 aromatic rings. The Morgan fingerprint density at radius 3 is 2.45 bits per heavy atom. The highest BCUT2D eigenvalue weighted by Gasteiger charge is 2.33. The molecule has 8 heteroatoms. The Bertz CT molecular complexity index is 957. The SMILES string of the molecule is CC(C)N1C(=O)/C(=C/c2ccc(OCC(=O)Nc3ccc(Br)cc3)cc2)SC1=S. The summed E-state index contributed by atoms with van der Waals surface area (Å²) >= 11 is 9.95. The monoisotopic (exact) mass is 490 g/mol. The first kappa shape index (κ1) is 21.5. The maximum absolute atomic E-state index is 12.5. The molecule has 1 aliphatic rings. The number of hydrogen-bond donors (Lipinski definition) is 1. The molecular weight excluding hydrogens is 472 g/mol. The van der Waals surface area contributed by atoms with Crippen molar-refractivity contribution in [1.82, 2.24) is 4.90 Å². The zero-order chi connectivity index (χ0) is 21.0. The first-order valence-corrected chi connectivity index (χ1v) is 10.9. The van der Waals surface area contributed by atoms with Gasteiger partial charge < -0.3 is 10.1 Å². The van der Waals surface area contributed by atoms with Gasteiger partial charge in [0.25, 0.3) is 11.8 Å². The molecule has 2 amide bonds. The zero-order valence-electron chi connectivity index (χ0n) is 15.8. The number of hydrogen-bond acceptors (Lipinski definition) is 5. The summed E-state index contributed by atoms with van der Waals surface area (Å²) in [6.45, 7) is 3.78. The minimum absolute atomic E-state index is 0.0349. The summed E-state index contributed by atoms with van der Waals surface area (Å²) in [4.78, 5) is 26.7. The number of anilines is 1. The lowest BCUT2D eigenvalue weighted by molar-refractivity contribution is -0.123. The average Bonchev–Trinajstić information content (AvgIpc) is 2.96. The predicted molar refractivity (Wildman–Crippen MR) is 125 cm³/mol. The summed E-state index contributed by atoms with van der Waals surface area (Å²) in [5, 5.41) is 2.77. The van der Waals surface area contributed by atoms with Gasteiger partial charge in [0.1, 0.15) is 10.1 Å². The number of carbonyl (C=O) groups is 2. The molecule has 1 fully saturated rings. The standard InChI is InChI=1S/C21H19BrN2O3S2/c1-13(2)24-20(26)18(29-21(24)28)11-14-3-9-17(10-4-14)27-12-19(25)23-16-7-5-15(22)6-8-16/h3-11,13H,12H2,1-2H3,(H,23,25)/b18-11-. The molecule has 0 atom stereocenters. The van der Waals surface area contributed by atoms with Crippen molar-refractivity contribution in [3.05, 3.63) is 63.5 Å². The van der Waals surface area contributed by atoms with Crippen molar-refractivity contribution in [3.63, 3.8) is 0 Å². The maximum Gasteiger partial charge on any atom is 0.266 e. The van der Waals surface area contributed by atoms with Crippen molar-refractivity contribution < 1.29 is 14.3 Å². The number of thiocarbonyl (C=S) groups is 1. The summed E-state index contributed by atoms with van der Waals surface area (Å²) in [5.74, 6) is 0.261. The molecule has 0 spiro atoms. The van der Waals surface area contributed by atoms with Gasteiger partial charge in [-0.3, -0.25) is 14.5 Å². The Balaban J connectivity index is 1.56. The molecule has 0 saturated carbocycles. The number of rotatable bonds is 6. The Labute approximate surface area is 187 Å². The lowest BCUT2D eigenvalue weighted by Gasteiger charge is -2.18. The van der Waals surface area contributed by atoms with Gasteiger partial charge in [0.15, 0.2) is 6.61 Å². The molecule has 0 unspecified atom stereocenters. The van der Waals surface area contributed by atoms with Crippen LogP contribution in [-0.2, 0) is 9.59 Å². The highest BCUT2D eigenvalue weighted by molar-refractivity contribution is 9.10. The lowest BCUT2D eigenvalue weighted by Crippen LogP contribution is -2.34. The van der Waals surface area contributed by atoms with Crippen LogP contribution in [-0.4, -0.2) is 33.7 Å². The molecule has 1 saturated heterocycles. The summed E-state index contributed by atoms with van der Waals surface area (Å²) in [7, 11) is 0. The highest BCUT2D eigenvalue weighted by Crippen LogP contribution is 2.34. The summed E-state index contributed by atoms with van der Waals surface area (Å²) in [5.41, 5.74) is 1.57. The number of benzene rings is 2. The van der Waals surface area contributed by atoms with Crippen LogP contribution in [0.25, 0.3) is 6.08 Å². The number of ether oxygens (including phenoxy) is 1. The number of nitrogens with one attached hydrogen (secondary N) is 1. The van der Waals surface area contributed by atoms with Gasteiger partial charge in [-0.1, -0.05) is 52.0 Å². The minimum Gasteiger partial charge on any atom is -0.484 e. The zero-order valence-corrected chi connectivity index (χ0v) is 19.1. The van der Waals surface area contributed by atoms with Gasteiger partial charge in [0.05, 0.1) is 4.91 Å². The van der Waals surface area contributed by atoms with E-state index in [1.807, 2.05) is 44.2 Å². The van der Waals surface area contributed by atoms with Crippen LogP contribution in [0.4, 0.5) is 5.69 Å². The van der Waals surface area contributed by atoms with Crippen LogP contribution in [0.2, 0.25) is 0 Å². The normalized spacial score (nSPS) is 15.3. The second kappa shape index (κ2) is 9.56. The van der Waals surface area contributed by atoms with E-state index in [4.69, 9.17) is 17.0 Å². The molecule has 0 aromatic heterocycles. The van der Waals surface area contributed by atoms with Gasteiger partial charge in [0.2, 0.25) is 0 Å². The first-order valence-electron chi connectivity index (χ1n) is 8.89. The van der Waals surface area contributed by atoms with Gasteiger partial charge in [-0.25, -0.2) is 0 Å². The van der Waals surface area contributed by atoms with Gasteiger partial charge >= 0.3 is 0 Å². The molecule has 150 valence electrons. The van der Waals surface area contributed by atoms with Crippen molar-refractivity contribution >= 4 is 67.8 Å². The van der Waals surface area contributed by atoms with Gasteiger partial charge in [-0.2, -0.15) is 0 Å². The van der Waals surface area contributed by atoms with Crippen LogP contribution in [0, 0.1) is 0 Å². The quantitative estimate of drug-likeness (QED) is 0.452. The molecule has 3 rings (SSSR count). The van der Waals surface area contributed by atoms with Crippen LogP contribution in [0.5, 0.6) is 5.75 Å². The number of halogens is 1. The fraction of sp³-hybridized carbons (Fsp3) is 0.190. The number of nitrogens with zero attached hydrogens (tertiary/aromatic N) is 1. The van der Waals surface area contributed by atoms with E-state index in [0.717, 1.165) is 10.0 Å². The Morgan fingerprint density at radius 1 is 1.21 bits per heavy atom. The van der Waals surface area contributed by atoms with Crippen LogP contribution in [0.1, 0.15) is 19.4 Å². The third-order valence-electron chi connectivity index (χ3n) is 4.02. The second-order valence-electron chi connectivity index (χ2n) is 6.56. The van der Waals surface area contributed by atoms with E-state index in [1.54, 1.807) is 29.2 Å². The summed E-state index contributed by atoms with van der Waals surface area (Å²) in [6.07, 6.45) is 1.81. The largest absolute Gasteiger partial charge is 0.484 e. The fourth-order valence-corrected chi connectivity index (χ4v) is 4.40. The minimum atomic E-state index is -0.242. The molecule has 5 nitrogen and oxygen atoms in total. The third kappa shape index (κ3) is 5.68. The number of thioether (sulfide) groups is 1.